The second-order valence-corrected chi connectivity index (χ2v) is 14.8. The van der Waals surface area contributed by atoms with E-state index >= 15 is 0 Å². The van der Waals surface area contributed by atoms with Crippen LogP contribution in [0.25, 0.3) is 0 Å². The van der Waals surface area contributed by atoms with Gasteiger partial charge >= 0.3 is 11.9 Å². The molecule has 0 N–H and O–H groups in total. The van der Waals surface area contributed by atoms with Gasteiger partial charge in [-0.1, -0.05) is 119 Å². The van der Waals surface area contributed by atoms with E-state index in [0.29, 0.717) is 12.8 Å². The normalized spacial score (nSPS) is 13.7. The van der Waals surface area contributed by atoms with E-state index in [4.69, 9.17) is 14.2 Å². The van der Waals surface area contributed by atoms with Gasteiger partial charge in [-0.25, -0.2) is 0 Å². The Balaban J connectivity index is 4.34. The van der Waals surface area contributed by atoms with Crippen LogP contribution in [0.2, 0.25) is 0 Å². The number of rotatable bonds is 36. The molecule has 8 heteroatoms. The van der Waals surface area contributed by atoms with Gasteiger partial charge in [-0.3, -0.25) is 9.59 Å². The van der Waals surface area contributed by atoms with Crippen LogP contribution < -0.4 is 5.11 Å². The molecule has 0 aromatic carbocycles. The molecule has 0 radical (unpaired) electrons. The van der Waals surface area contributed by atoms with E-state index < -0.39 is 18.1 Å². The Morgan fingerprint density at radius 1 is 0.574 bits per heavy atom. The largest absolute Gasteiger partial charge is 0.544 e. The standard InChI is InChI=1S/C46H77NO7/c1-6-8-10-12-14-16-17-18-19-20-21-22-23-24-25-26-27-29-30-32-34-36-44(48)53-41-42(40-52-39-38-43(46(50)51)47(3,4)5)54-45(49)37-35-33-31-28-15-13-11-9-7-2/h9,11,14-16,18-19,21-22,24-25,28,42-43H,6-8,10,12-13,17,20,23,26-27,29-41H2,1-5H3/b11-9+,16-14+,19-18+,22-21+,25-24+,28-15+. The molecule has 0 bridgehead atoms. The number of esters is 2. The number of carbonyl (C=O) groups is 3. The van der Waals surface area contributed by atoms with Gasteiger partial charge in [0.25, 0.3) is 0 Å². The fraction of sp³-hybridized carbons (Fsp3) is 0.674. The highest BCUT2D eigenvalue weighted by Crippen LogP contribution is 2.11. The summed E-state index contributed by atoms with van der Waals surface area (Å²) in [6.45, 7) is 4.42. The van der Waals surface area contributed by atoms with E-state index in [1.807, 2.05) is 0 Å². The molecule has 8 nitrogen and oxygen atoms in total. The molecule has 54 heavy (non-hydrogen) atoms. The topological polar surface area (TPSA) is 102 Å². The number of hydrogen-bond donors (Lipinski definition) is 0. The Morgan fingerprint density at radius 2 is 1.04 bits per heavy atom. The van der Waals surface area contributed by atoms with Crippen LogP contribution >= 0.6 is 0 Å². The van der Waals surface area contributed by atoms with E-state index in [-0.39, 0.29) is 49.1 Å². The van der Waals surface area contributed by atoms with Crippen LogP contribution in [-0.2, 0) is 28.6 Å². The molecule has 2 unspecified atom stereocenters. The fourth-order valence-electron chi connectivity index (χ4n) is 5.56. The molecule has 0 fully saturated rings. The summed E-state index contributed by atoms with van der Waals surface area (Å²) in [6.07, 6.45) is 45.2. The highest BCUT2D eigenvalue weighted by atomic mass is 16.6. The van der Waals surface area contributed by atoms with Crippen LogP contribution in [-0.4, -0.2) is 75.5 Å². The number of ether oxygens (including phenoxy) is 3. The summed E-state index contributed by atoms with van der Waals surface area (Å²) in [5.41, 5.74) is 0. The van der Waals surface area contributed by atoms with Crippen molar-refractivity contribution in [2.75, 3.05) is 41.0 Å². The molecule has 0 spiro atoms. The average Bonchev–Trinajstić information content (AvgIpc) is 3.12. The number of carboxylic acids is 1. The predicted molar refractivity (Wildman–Crippen MR) is 222 cm³/mol. The number of allylic oxidation sites excluding steroid dienone is 12. The Labute approximate surface area is 330 Å². The Morgan fingerprint density at radius 3 is 1.57 bits per heavy atom. The summed E-state index contributed by atoms with van der Waals surface area (Å²) in [5.74, 6) is -1.82. The lowest BCUT2D eigenvalue weighted by molar-refractivity contribution is -0.889. The first kappa shape index (κ1) is 50.8. The smallest absolute Gasteiger partial charge is 0.306 e. The summed E-state index contributed by atoms with van der Waals surface area (Å²) in [4.78, 5) is 36.7. The third kappa shape index (κ3) is 34.5. The summed E-state index contributed by atoms with van der Waals surface area (Å²) in [7, 11) is 5.37. The van der Waals surface area contributed by atoms with Crippen LogP contribution in [0.3, 0.4) is 0 Å². The first-order chi connectivity index (χ1) is 26.1. The number of carbonyl (C=O) groups excluding carboxylic acids is 3. The molecule has 0 aliphatic heterocycles. The van der Waals surface area contributed by atoms with Gasteiger partial charge in [0.1, 0.15) is 12.6 Å². The summed E-state index contributed by atoms with van der Waals surface area (Å²) >= 11 is 0. The lowest BCUT2D eigenvalue weighted by Crippen LogP contribution is -2.55. The van der Waals surface area contributed by atoms with Crippen LogP contribution in [0.4, 0.5) is 0 Å². The van der Waals surface area contributed by atoms with E-state index in [0.717, 1.165) is 83.5 Å². The first-order valence-electron chi connectivity index (χ1n) is 21.0. The number of unbranched alkanes of at least 4 members (excludes halogenated alkanes) is 10. The quantitative estimate of drug-likeness (QED) is 0.0272. The van der Waals surface area contributed by atoms with Crippen molar-refractivity contribution in [2.24, 2.45) is 0 Å². The molecular weight excluding hydrogens is 679 g/mol. The van der Waals surface area contributed by atoms with Crippen molar-refractivity contribution >= 4 is 17.9 Å². The number of aliphatic carboxylic acids is 1. The lowest BCUT2D eigenvalue weighted by atomic mass is 10.1. The van der Waals surface area contributed by atoms with Crippen molar-refractivity contribution in [2.45, 2.75) is 161 Å². The average molecular weight is 756 g/mol. The molecule has 0 heterocycles. The monoisotopic (exact) mass is 756 g/mol. The van der Waals surface area contributed by atoms with Crippen LogP contribution in [0.15, 0.2) is 72.9 Å². The first-order valence-corrected chi connectivity index (χ1v) is 21.0. The van der Waals surface area contributed by atoms with Gasteiger partial charge in [-0.05, 0) is 83.5 Å². The molecule has 2 atom stereocenters. The minimum atomic E-state index is -1.14. The molecular formula is C46H77NO7. The van der Waals surface area contributed by atoms with Crippen LogP contribution in [0, 0.1) is 0 Å². The SMILES string of the molecule is CC/C=C/C/C=C/CCCCC(=O)OC(COCCC(C(=O)[O-])[N+](C)(C)C)COC(=O)CCCCCCC/C=C/C/C=C/C/C=C/C/C=C/CCCCC. The van der Waals surface area contributed by atoms with Gasteiger partial charge in [0.15, 0.2) is 6.10 Å². The lowest BCUT2D eigenvalue weighted by Gasteiger charge is -2.34. The van der Waals surface area contributed by atoms with Crippen molar-refractivity contribution in [3.8, 4) is 0 Å². The maximum absolute atomic E-state index is 12.6. The third-order valence-electron chi connectivity index (χ3n) is 8.83. The van der Waals surface area contributed by atoms with Crippen molar-refractivity contribution in [1.29, 1.82) is 0 Å². The maximum Gasteiger partial charge on any atom is 0.306 e. The van der Waals surface area contributed by atoms with Gasteiger partial charge in [-0.15, -0.1) is 0 Å². The van der Waals surface area contributed by atoms with Gasteiger partial charge < -0.3 is 28.6 Å². The van der Waals surface area contributed by atoms with E-state index in [1.165, 1.54) is 25.7 Å². The van der Waals surface area contributed by atoms with Crippen molar-refractivity contribution in [1.82, 2.24) is 0 Å². The Hall–Kier alpha value is -3.23. The zero-order valence-corrected chi connectivity index (χ0v) is 34.9. The predicted octanol–water partition coefficient (Wildman–Crippen LogP) is 9.85. The molecule has 0 amide bonds. The molecule has 0 aliphatic rings. The molecule has 308 valence electrons. The highest BCUT2D eigenvalue weighted by molar-refractivity contribution is 5.70. The number of likely N-dealkylation sites (N-methyl/N-ethyl adjacent to an activating group) is 1. The van der Waals surface area contributed by atoms with E-state index in [2.05, 4.69) is 86.8 Å². The molecule has 0 saturated carbocycles. The number of nitrogens with zero attached hydrogens (tertiary/aromatic N) is 1. The third-order valence-corrected chi connectivity index (χ3v) is 8.83. The minimum absolute atomic E-state index is 0.0172. The van der Waals surface area contributed by atoms with Crippen molar-refractivity contribution in [3.63, 3.8) is 0 Å². The van der Waals surface area contributed by atoms with Gasteiger partial charge in [0, 0.05) is 19.3 Å². The van der Waals surface area contributed by atoms with Crippen molar-refractivity contribution in [3.05, 3.63) is 72.9 Å². The van der Waals surface area contributed by atoms with Gasteiger partial charge in [-0.2, -0.15) is 0 Å². The van der Waals surface area contributed by atoms with Gasteiger partial charge in [0.05, 0.1) is 40.3 Å². The summed E-state index contributed by atoms with van der Waals surface area (Å²) in [6, 6.07) is -0.736. The molecule has 0 saturated heterocycles. The maximum atomic E-state index is 12.6. The number of carboxylic acid groups (broad SMARTS) is 1. The van der Waals surface area contributed by atoms with Crippen molar-refractivity contribution < 1.29 is 38.2 Å². The Bertz CT molecular complexity index is 1110. The highest BCUT2D eigenvalue weighted by Gasteiger charge is 2.25. The van der Waals surface area contributed by atoms with Gasteiger partial charge in [0.2, 0.25) is 0 Å². The zero-order chi connectivity index (χ0) is 40.0. The van der Waals surface area contributed by atoms with E-state index in [9.17, 15) is 19.5 Å². The number of quaternary nitrogens is 1. The van der Waals surface area contributed by atoms with Crippen LogP contribution in [0.5, 0.6) is 0 Å². The Kier molecular flexibility index (Phi) is 34.5. The summed E-state index contributed by atoms with van der Waals surface area (Å²) in [5, 5.41) is 11.6. The fourth-order valence-corrected chi connectivity index (χ4v) is 5.56. The molecule has 0 aliphatic carbocycles. The second kappa shape index (κ2) is 36.7. The molecule has 0 aromatic heterocycles. The minimum Gasteiger partial charge on any atom is -0.544 e. The van der Waals surface area contributed by atoms with Crippen LogP contribution in [0.1, 0.15) is 149 Å². The molecule has 0 rings (SSSR count). The molecule has 0 aromatic rings. The van der Waals surface area contributed by atoms with E-state index in [1.54, 1.807) is 21.1 Å². The summed E-state index contributed by atoms with van der Waals surface area (Å²) < 4.78 is 17.0. The zero-order valence-electron chi connectivity index (χ0n) is 34.9. The second-order valence-electron chi connectivity index (χ2n) is 14.8. The number of hydrogen-bond acceptors (Lipinski definition) is 7.